The Balaban J connectivity index is 1.44. The smallest absolute Gasteiger partial charge is 0.168 e. The molecule has 0 aliphatic carbocycles. The first-order valence-corrected chi connectivity index (χ1v) is 8.36. The third-order valence-electron chi connectivity index (χ3n) is 3.60. The maximum absolute atomic E-state index is 4.66. The number of hydrazone groups is 1. The highest BCUT2D eigenvalue weighted by atomic mass is 32.2. The molecule has 0 unspecified atom stereocenters. The first kappa shape index (κ1) is 14.0. The van der Waals surface area contributed by atoms with E-state index < -0.39 is 0 Å². The van der Waals surface area contributed by atoms with Crippen LogP contribution in [0.1, 0.15) is 5.56 Å². The Labute approximate surface area is 138 Å². The average molecular weight is 321 g/mol. The number of hydrogen-bond donors (Lipinski definition) is 1. The Kier molecular flexibility index (Phi) is 3.81. The van der Waals surface area contributed by atoms with Gasteiger partial charge in [-0.1, -0.05) is 23.9 Å². The Bertz CT molecular complexity index is 802. The Morgan fingerprint density at radius 3 is 2.74 bits per heavy atom. The molecule has 0 saturated carbocycles. The largest absolute Gasteiger partial charge is 0.325 e. The number of benzene rings is 1. The molecule has 3 heterocycles. The Morgan fingerprint density at radius 2 is 1.96 bits per heavy atom. The van der Waals surface area contributed by atoms with Gasteiger partial charge in [0.25, 0.3) is 0 Å². The zero-order valence-corrected chi connectivity index (χ0v) is 13.2. The number of rotatable bonds is 4. The lowest BCUT2D eigenvalue weighted by atomic mass is 10.1. The van der Waals surface area contributed by atoms with Gasteiger partial charge in [-0.2, -0.15) is 5.10 Å². The van der Waals surface area contributed by atoms with Crippen LogP contribution in [-0.2, 0) is 6.54 Å². The number of fused-ring (bicyclic) bond motifs is 1. The van der Waals surface area contributed by atoms with E-state index in [-0.39, 0.29) is 0 Å². The predicted octanol–water partition coefficient (Wildman–Crippen LogP) is 3.50. The van der Waals surface area contributed by atoms with E-state index in [1.807, 2.05) is 36.0 Å². The molecule has 3 aromatic rings. The molecular formula is C17H15N5S. The van der Waals surface area contributed by atoms with Crippen LogP contribution in [0.5, 0.6) is 0 Å². The van der Waals surface area contributed by atoms with Gasteiger partial charge >= 0.3 is 0 Å². The molecule has 0 fully saturated rings. The summed E-state index contributed by atoms with van der Waals surface area (Å²) in [6, 6.07) is 12.0. The van der Waals surface area contributed by atoms with E-state index in [1.165, 1.54) is 0 Å². The molecular weight excluding hydrogens is 306 g/mol. The number of aryl methyl sites for hydroxylation is 1. The quantitative estimate of drug-likeness (QED) is 0.590. The highest BCUT2D eigenvalue weighted by Gasteiger charge is 2.14. The average Bonchev–Trinajstić information content (AvgIpc) is 3.18. The molecule has 23 heavy (non-hydrogen) atoms. The lowest BCUT2D eigenvalue weighted by molar-refractivity contribution is 0.719. The van der Waals surface area contributed by atoms with Crippen molar-refractivity contribution < 1.29 is 0 Å². The Hall–Kier alpha value is -2.60. The van der Waals surface area contributed by atoms with E-state index in [1.54, 1.807) is 18.6 Å². The van der Waals surface area contributed by atoms with Gasteiger partial charge in [-0.3, -0.25) is 10.4 Å². The van der Waals surface area contributed by atoms with E-state index in [4.69, 9.17) is 0 Å². The summed E-state index contributed by atoms with van der Waals surface area (Å²) in [5, 5.41) is 5.34. The summed E-state index contributed by atoms with van der Waals surface area (Å²) in [7, 11) is 0. The van der Waals surface area contributed by atoms with Crippen LogP contribution in [0.2, 0.25) is 0 Å². The van der Waals surface area contributed by atoms with Crippen LogP contribution < -0.4 is 5.43 Å². The van der Waals surface area contributed by atoms with Crippen LogP contribution in [0.15, 0.2) is 65.2 Å². The number of imidazole rings is 1. The van der Waals surface area contributed by atoms with Crippen molar-refractivity contribution in [1.29, 1.82) is 0 Å². The minimum Gasteiger partial charge on any atom is -0.325 e. The van der Waals surface area contributed by atoms with Crippen molar-refractivity contribution in [3.63, 3.8) is 0 Å². The number of anilines is 1. The van der Waals surface area contributed by atoms with Crippen molar-refractivity contribution in [2.24, 2.45) is 5.10 Å². The molecule has 1 aliphatic heterocycles. The number of nitrogens with one attached hydrogen (secondary N) is 1. The standard InChI is InChI=1S/C17H15N5S/c1-3-15(21-19-11-13-5-7-18-8-6-13)4-2-14(1)16-12-22-9-10-23-17(22)20-16/h1-8,11-12,21H,9-10H2. The second-order valence-corrected chi connectivity index (χ2v) is 6.24. The van der Waals surface area contributed by atoms with Gasteiger partial charge in [-0.25, -0.2) is 4.98 Å². The SMILES string of the molecule is C(=NNc1ccc(-c2cn3c(n2)SCC3)cc1)c1ccncc1. The number of aromatic nitrogens is 3. The maximum atomic E-state index is 4.66. The van der Waals surface area contributed by atoms with E-state index in [0.717, 1.165) is 40.0 Å². The third kappa shape index (κ3) is 3.12. The fraction of sp³-hybridized carbons (Fsp3) is 0.118. The number of nitrogens with zero attached hydrogens (tertiary/aromatic N) is 4. The summed E-state index contributed by atoms with van der Waals surface area (Å²) >= 11 is 1.81. The predicted molar refractivity (Wildman–Crippen MR) is 93.8 cm³/mol. The van der Waals surface area contributed by atoms with E-state index in [2.05, 4.69) is 43.4 Å². The minimum absolute atomic E-state index is 0.945. The molecule has 6 heteroatoms. The fourth-order valence-corrected chi connectivity index (χ4v) is 3.34. The van der Waals surface area contributed by atoms with Gasteiger partial charge < -0.3 is 4.57 Å². The van der Waals surface area contributed by atoms with Gasteiger partial charge in [0.05, 0.1) is 17.6 Å². The lowest BCUT2D eigenvalue weighted by Gasteiger charge is -2.02. The van der Waals surface area contributed by atoms with Crippen LogP contribution in [0, 0.1) is 0 Å². The second kappa shape index (κ2) is 6.26. The van der Waals surface area contributed by atoms with Crippen LogP contribution >= 0.6 is 11.8 Å². The summed E-state index contributed by atoms with van der Waals surface area (Å²) < 4.78 is 2.21. The van der Waals surface area contributed by atoms with Gasteiger partial charge in [0.1, 0.15) is 0 Å². The van der Waals surface area contributed by atoms with Gasteiger partial charge in [0.15, 0.2) is 5.16 Å². The van der Waals surface area contributed by atoms with Crippen LogP contribution in [0.3, 0.4) is 0 Å². The van der Waals surface area contributed by atoms with E-state index in [9.17, 15) is 0 Å². The van der Waals surface area contributed by atoms with Gasteiger partial charge in [-0.15, -0.1) is 0 Å². The molecule has 5 nitrogen and oxygen atoms in total. The monoisotopic (exact) mass is 321 g/mol. The van der Waals surface area contributed by atoms with Crippen molar-refractivity contribution in [3.8, 4) is 11.3 Å². The summed E-state index contributed by atoms with van der Waals surface area (Å²) in [4.78, 5) is 8.64. The van der Waals surface area contributed by atoms with Crippen LogP contribution in [-0.4, -0.2) is 26.5 Å². The third-order valence-corrected chi connectivity index (χ3v) is 4.57. The van der Waals surface area contributed by atoms with Crippen molar-refractivity contribution in [3.05, 3.63) is 60.6 Å². The molecule has 0 amide bonds. The maximum Gasteiger partial charge on any atom is 0.168 e. The van der Waals surface area contributed by atoms with Crippen molar-refractivity contribution in [2.45, 2.75) is 11.7 Å². The molecule has 0 saturated heterocycles. The summed E-state index contributed by atoms with van der Waals surface area (Å²) in [5.41, 5.74) is 7.13. The molecule has 0 spiro atoms. The topological polar surface area (TPSA) is 55.1 Å². The van der Waals surface area contributed by atoms with Gasteiger partial charge in [0, 0.05) is 36.5 Å². The van der Waals surface area contributed by atoms with E-state index in [0.29, 0.717) is 0 Å². The zero-order valence-electron chi connectivity index (χ0n) is 12.4. The van der Waals surface area contributed by atoms with Crippen molar-refractivity contribution in [2.75, 3.05) is 11.2 Å². The van der Waals surface area contributed by atoms with Crippen LogP contribution in [0.25, 0.3) is 11.3 Å². The van der Waals surface area contributed by atoms with Gasteiger partial charge in [-0.05, 0) is 29.8 Å². The summed E-state index contributed by atoms with van der Waals surface area (Å²) in [6.07, 6.45) is 7.39. The molecule has 0 radical (unpaired) electrons. The fourth-order valence-electron chi connectivity index (χ4n) is 2.40. The summed E-state index contributed by atoms with van der Waals surface area (Å²) in [5.74, 6) is 1.13. The lowest BCUT2D eigenvalue weighted by Crippen LogP contribution is -1.91. The zero-order chi connectivity index (χ0) is 15.5. The molecule has 4 rings (SSSR count). The molecule has 114 valence electrons. The molecule has 2 aromatic heterocycles. The number of hydrogen-bond acceptors (Lipinski definition) is 5. The molecule has 0 atom stereocenters. The summed E-state index contributed by atoms with van der Waals surface area (Å²) in [6.45, 7) is 1.05. The minimum atomic E-state index is 0.945. The number of pyridine rings is 1. The molecule has 1 aliphatic rings. The highest BCUT2D eigenvalue weighted by Crippen LogP contribution is 2.29. The Morgan fingerprint density at radius 1 is 1.13 bits per heavy atom. The van der Waals surface area contributed by atoms with E-state index >= 15 is 0 Å². The number of thioether (sulfide) groups is 1. The first-order chi connectivity index (χ1) is 11.4. The molecule has 0 bridgehead atoms. The van der Waals surface area contributed by atoms with Crippen LogP contribution in [0.4, 0.5) is 5.69 Å². The molecule has 1 aromatic carbocycles. The second-order valence-electron chi connectivity index (χ2n) is 5.18. The van der Waals surface area contributed by atoms with Gasteiger partial charge in [0.2, 0.25) is 0 Å². The molecule has 1 N–H and O–H groups in total. The van der Waals surface area contributed by atoms with Crippen molar-refractivity contribution in [1.82, 2.24) is 14.5 Å². The van der Waals surface area contributed by atoms with Crippen molar-refractivity contribution >= 4 is 23.7 Å². The highest BCUT2D eigenvalue weighted by molar-refractivity contribution is 7.99. The normalized spacial score (nSPS) is 13.4. The first-order valence-electron chi connectivity index (χ1n) is 7.38.